The molecule has 24 heavy (non-hydrogen) atoms. The lowest BCUT2D eigenvalue weighted by Gasteiger charge is -2.22. The molecule has 1 aliphatic carbocycles. The first-order chi connectivity index (χ1) is 11.6. The number of hydrogen-bond acceptors (Lipinski definition) is 3. The van der Waals surface area contributed by atoms with Crippen LogP contribution in [0.15, 0.2) is 36.4 Å². The Hall–Kier alpha value is -2.14. The third-order valence-electron chi connectivity index (χ3n) is 4.80. The van der Waals surface area contributed by atoms with Crippen molar-refractivity contribution in [2.45, 2.75) is 45.1 Å². The van der Waals surface area contributed by atoms with E-state index in [4.69, 9.17) is 0 Å². The van der Waals surface area contributed by atoms with E-state index in [2.05, 4.69) is 17.3 Å². The topological polar surface area (TPSA) is 67.2 Å². The lowest BCUT2D eigenvalue weighted by atomic mass is 10.00. The predicted molar refractivity (Wildman–Crippen MR) is 93.3 cm³/mol. The van der Waals surface area contributed by atoms with Gasteiger partial charge in [0, 0.05) is 5.92 Å². The van der Waals surface area contributed by atoms with Crippen LogP contribution in [-0.2, 0) is 0 Å². The summed E-state index contributed by atoms with van der Waals surface area (Å²) in [5.41, 5.74) is 2.39. The van der Waals surface area contributed by atoms with Gasteiger partial charge < -0.3 is 10.4 Å². The fraction of sp³-hybridized carbons (Fsp3) is 0.474. The molecule has 1 amide bonds. The molecule has 1 saturated carbocycles. The van der Waals surface area contributed by atoms with Crippen LogP contribution < -0.4 is 5.32 Å². The van der Waals surface area contributed by atoms with E-state index in [0.717, 1.165) is 30.6 Å². The van der Waals surface area contributed by atoms with Crippen molar-refractivity contribution >= 4 is 5.91 Å². The zero-order valence-electron chi connectivity index (χ0n) is 14.3. The van der Waals surface area contributed by atoms with E-state index in [-0.39, 0.29) is 24.5 Å². The summed E-state index contributed by atoms with van der Waals surface area (Å²) in [5, 5.41) is 17.2. The third-order valence-corrected chi connectivity index (χ3v) is 4.80. The van der Waals surface area contributed by atoms with E-state index in [1.54, 1.807) is 4.68 Å². The SMILES string of the molecule is CC[C@@H](C)[C@@H](CO)NC(=O)c1cc(C2CC2)nn1-c1ccccc1. The Labute approximate surface area is 142 Å². The number of hydrogen-bond donors (Lipinski definition) is 2. The first-order valence-corrected chi connectivity index (χ1v) is 8.71. The molecule has 2 aromatic rings. The summed E-state index contributed by atoms with van der Waals surface area (Å²) in [6, 6.07) is 11.4. The van der Waals surface area contributed by atoms with Crippen LogP contribution in [0.4, 0.5) is 0 Å². The molecule has 0 bridgehead atoms. The van der Waals surface area contributed by atoms with Gasteiger partial charge in [0.1, 0.15) is 5.69 Å². The van der Waals surface area contributed by atoms with Crippen molar-refractivity contribution < 1.29 is 9.90 Å². The Kier molecular flexibility index (Phi) is 5.00. The molecule has 1 aromatic carbocycles. The normalized spacial score (nSPS) is 16.6. The van der Waals surface area contributed by atoms with Gasteiger partial charge in [-0.3, -0.25) is 4.79 Å². The van der Waals surface area contributed by atoms with Crippen molar-refractivity contribution in [2.24, 2.45) is 5.92 Å². The first-order valence-electron chi connectivity index (χ1n) is 8.71. The van der Waals surface area contributed by atoms with Crippen molar-refractivity contribution in [3.8, 4) is 5.69 Å². The minimum Gasteiger partial charge on any atom is -0.394 e. The van der Waals surface area contributed by atoms with Crippen molar-refractivity contribution in [3.05, 3.63) is 47.8 Å². The van der Waals surface area contributed by atoms with E-state index in [1.807, 2.05) is 43.3 Å². The number of aliphatic hydroxyl groups excluding tert-OH is 1. The van der Waals surface area contributed by atoms with E-state index in [1.165, 1.54) is 0 Å². The lowest BCUT2D eigenvalue weighted by Crippen LogP contribution is -2.42. The number of carbonyl (C=O) groups is 1. The Morgan fingerprint density at radius 1 is 1.38 bits per heavy atom. The van der Waals surface area contributed by atoms with Gasteiger partial charge in [0.15, 0.2) is 0 Å². The molecule has 0 unspecified atom stereocenters. The molecular formula is C19H25N3O2. The second-order valence-electron chi connectivity index (χ2n) is 6.62. The molecule has 0 radical (unpaired) electrons. The number of carbonyl (C=O) groups excluding carboxylic acids is 1. The molecule has 1 aromatic heterocycles. The van der Waals surface area contributed by atoms with Gasteiger partial charge in [-0.05, 0) is 37.0 Å². The van der Waals surface area contributed by atoms with E-state index in [0.29, 0.717) is 11.6 Å². The predicted octanol–water partition coefficient (Wildman–Crippen LogP) is 2.89. The first kappa shape index (κ1) is 16.7. The molecular weight excluding hydrogens is 302 g/mol. The highest BCUT2D eigenvalue weighted by molar-refractivity contribution is 5.93. The molecule has 3 rings (SSSR count). The molecule has 2 atom stereocenters. The second-order valence-corrected chi connectivity index (χ2v) is 6.62. The van der Waals surface area contributed by atoms with Gasteiger partial charge in [0.05, 0.1) is 24.0 Å². The highest BCUT2D eigenvalue weighted by atomic mass is 16.3. The Morgan fingerprint density at radius 3 is 2.67 bits per heavy atom. The van der Waals surface area contributed by atoms with Crippen LogP contribution in [0.3, 0.4) is 0 Å². The molecule has 128 valence electrons. The van der Waals surface area contributed by atoms with Gasteiger partial charge in [-0.25, -0.2) is 4.68 Å². The van der Waals surface area contributed by atoms with Gasteiger partial charge in [0.25, 0.3) is 5.91 Å². The van der Waals surface area contributed by atoms with E-state index >= 15 is 0 Å². The van der Waals surface area contributed by atoms with Crippen molar-refractivity contribution in [3.63, 3.8) is 0 Å². The van der Waals surface area contributed by atoms with Crippen LogP contribution in [0.5, 0.6) is 0 Å². The summed E-state index contributed by atoms with van der Waals surface area (Å²) >= 11 is 0. The maximum absolute atomic E-state index is 12.8. The summed E-state index contributed by atoms with van der Waals surface area (Å²) in [5.74, 6) is 0.511. The molecule has 2 N–H and O–H groups in total. The van der Waals surface area contributed by atoms with Gasteiger partial charge in [0.2, 0.25) is 0 Å². The lowest BCUT2D eigenvalue weighted by molar-refractivity contribution is 0.0883. The number of para-hydroxylation sites is 1. The fourth-order valence-corrected chi connectivity index (χ4v) is 2.80. The van der Waals surface area contributed by atoms with Crippen molar-refractivity contribution in [2.75, 3.05) is 6.61 Å². The Morgan fingerprint density at radius 2 is 2.08 bits per heavy atom. The minimum atomic E-state index is -0.244. The summed E-state index contributed by atoms with van der Waals surface area (Å²) in [4.78, 5) is 12.8. The average Bonchev–Trinajstić information content (AvgIpc) is 3.38. The van der Waals surface area contributed by atoms with Gasteiger partial charge in [-0.2, -0.15) is 5.10 Å². The number of nitrogens with zero attached hydrogens (tertiary/aromatic N) is 2. The standard InChI is InChI=1S/C19H25N3O2/c1-3-13(2)17(12-23)20-19(24)18-11-16(14-9-10-14)21-22(18)15-7-5-4-6-8-15/h4-8,11,13-14,17,23H,3,9-10,12H2,1-2H3,(H,20,24)/t13-,17-/m1/s1. The fourth-order valence-electron chi connectivity index (χ4n) is 2.80. The molecule has 0 spiro atoms. The average molecular weight is 327 g/mol. The monoisotopic (exact) mass is 327 g/mol. The largest absolute Gasteiger partial charge is 0.394 e. The number of nitrogens with one attached hydrogen (secondary N) is 1. The zero-order chi connectivity index (χ0) is 17.1. The Bertz CT molecular complexity index is 692. The second kappa shape index (κ2) is 7.18. The molecule has 1 heterocycles. The molecule has 1 fully saturated rings. The van der Waals surface area contributed by atoms with Crippen molar-refractivity contribution in [1.29, 1.82) is 0 Å². The molecule has 5 nitrogen and oxygen atoms in total. The molecule has 5 heteroatoms. The van der Waals surface area contributed by atoms with Crippen LogP contribution in [0.1, 0.15) is 55.2 Å². The van der Waals surface area contributed by atoms with Crippen LogP contribution in [0.2, 0.25) is 0 Å². The maximum atomic E-state index is 12.8. The molecule has 0 saturated heterocycles. The molecule has 1 aliphatic rings. The number of rotatable bonds is 7. The van der Waals surface area contributed by atoms with Crippen LogP contribution in [0.25, 0.3) is 5.69 Å². The highest BCUT2D eigenvalue weighted by Gasteiger charge is 2.29. The van der Waals surface area contributed by atoms with Gasteiger partial charge in [-0.1, -0.05) is 38.5 Å². The van der Waals surface area contributed by atoms with Crippen LogP contribution in [-0.4, -0.2) is 33.4 Å². The molecule has 0 aliphatic heterocycles. The third kappa shape index (κ3) is 3.51. The van der Waals surface area contributed by atoms with Crippen LogP contribution >= 0.6 is 0 Å². The number of aliphatic hydroxyl groups is 1. The zero-order valence-corrected chi connectivity index (χ0v) is 14.3. The van der Waals surface area contributed by atoms with Gasteiger partial charge >= 0.3 is 0 Å². The minimum absolute atomic E-state index is 0.0598. The summed E-state index contributed by atoms with van der Waals surface area (Å²) in [7, 11) is 0. The number of aromatic nitrogens is 2. The van der Waals surface area contributed by atoms with Crippen LogP contribution in [0, 0.1) is 5.92 Å². The summed E-state index contributed by atoms with van der Waals surface area (Å²) in [6.07, 6.45) is 3.18. The number of benzene rings is 1. The summed E-state index contributed by atoms with van der Waals surface area (Å²) < 4.78 is 1.72. The van der Waals surface area contributed by atoms with Gasteiger partial charge in [-0.15, -0.1) is 0 Å². The Balaban J connectivity index is 1.89. The summed E-state index contributed by atoms with van der Waals surface area (Å²) in [6.45, 7) is 4.03. The highest BCUT2D eigenvalue weighted by Crippen LogP contribution is 2.39. The smallest absolute Gasteiger partial charge is 0.270 e. The van der Waals surface area contributed by atoms with E-state index in [9.17, 15) is 9.90 Å². The quantitative estimate of drug-likeness (QED) is 0.822. The number of amides is 1. The van der Waals surface area contributed by atoms with E-state index < -0.39 is 0 Å². The van der Waals surface area contributed by atoms with Crippen molar-refractivity contribution in [1.82, 2.24) is 15.1 Å². The maximum Gasteiger partial charge on any atom is 0.270 e.